The second-order valence-corrected chi connectivity index (χ2v) is 3.39. The van der Waals surface area contributed by atoms with Gasteiger partial charge < -0.3 is 10.5 Å². The fourth-order valence-electron chi connectivity index (χ4n) is 1.55. The lowest BCUT2D eigenvalue weighted by Crippen LogP contribution is -2.30. The first kappa shape index (κ1) is 8.87. The molecule has 0 bridgehead atoms. The number of nitrogens with zero attached hydrogens (tertiary/aromatic N) is 1. The van der Waals surface area contributed by atoms with E-state index in [1.54, 1.807) is 17.0 Å². The van der Waals surface area contributed by atoms with Crippen LogP contribution in [0.2, 0.25) is 0 Å². The number of benzene rings is 1. The molecule has 0 saturated carbocycles. The lowest BCUT2D eigenvalue weighted by atomic mass is 10.2. The molecular formula is C10H12N2O2. The van der Waals surface area contributed by atoms with Crippen molar-refractivity contribution in [3.63, 3.8) is 0 Å². The van der Waals surface area contributed by atoms with Gasteiger partial charge in [0.05, 0.1) is 6.04 Å². The van der Waals surface area contributed by atoms with E-state index in [-0.39, 0.29) is 12.1 Å². The number of carbonyl (C=O) groups excluding carboxylic acids is 1. The van der Waals surface area contributed by atoms with E-state index < -0.39 is 0 Å². The molecule has 1 saturated heterocycles. The molecule has 1 aromatic carbocycles. The summed E-state index contributed by atoms with van der Waals surface area (Å²) in [5.74, 6) is 0. The lowest BCUT2D eigenvalue weighted by Gasteiger charge is -2.17. The van der Waals surface area contributed by atoms with Crippen molar-refractivity contribution in [2.75, 3.05) is 17.2 Å². The minimum atomic E-state index is -0.303. The number of nitrogens with two attached hydrogens (primary N) is 1. The number of ether oxygens (including phenoxy) is 1. The average Bonchev–Trinajstić information content (AvgIpc) is 2.46. The summed E-state index contributed by atoms with van der Waals surface area (Å²) in [7, 11) is 0. The topological polar surface area (TPSA) is 55.6 Å². The molecule has 4 nitrogen and oxygen atoms in total. The molecular weight excluding hydrogens is 180 g/mol. The van der Waals surface area contributed by atoms with Crippen molar-refractivity contribution in [2.24, 2.45) is 0 Å². The number of cyclic esters (lactones) is 1. The Kier molecular flexibility index (Phi) is 2.04. The van der Waals surface area contributed by atoms with Crippen LogP contribution in [0.4, 0.5) is 16.2 Å². The summed E-state index contributed by atoms with van der Waals surface area (Å²) < 4.78 is 4.92. The highest BCUT2D eigenvalue weighted by molar-refractivity contribution is 5.90. The molecule has 2 N–H and O–H groups in total. The molecule has 1 amide bonds. The van der Waals surface area contributed by atoms with Crippen molar-refractivity contribution in [2.45, 2.75) is 13.0 Å². The Bertz CT molecular complexity index is 365. The molecule has 1 aliphatic heterocycles. The highest BCUT2D eigenvalue weighted by Crippen LogP contribution is 2.24. The minimum Gasteiger partial charge on any atom is -0.447 e. The zero-order valence-corrected chi connectivity index (χ0v) is 7.93. The quantitative estimate of drug-likeness (QED) is 0.688. The zero-order chi connectivity index (χ0) is 10.1. The van der Waals surface area contributed by atoms with Gasteiger partial charge in [0.15, 0.2) is 0 Å². The third-order valence-electron chi connectivity index (χ3n) is 2.23. The van der Waals surface area contributed by atoms with E-state index in [0.717, 1.165) is 5.69 Å². The van der Waals surface area contributed by atoms with Crippen molar-refractivity contribution in [3.05, 3.63) is 24.3 Å². The first-order valence-electron chi connectivity index (χ1n) is 4.50. The third kappa shape index (κ3) is 1.39. The van der Waals surface area contributed by atoms with Crippen LogP contribution >= 0.6 is 0 Å². The normalized spacial score (nSPS) is 21.1. The van der Waals surface area contributed by atoms with Gasteiger partial charge in [0, 0.05) is 11.4 Å². The maximum atomic E-state index is 11.4. The molecule has 14 heavy (non-hydrogen) atoms. The van der Waals surface area contributed by atoms with Gasteiger partial charge in [0.2, 0.25) is 0 Å². The van der Waals surface area contributed by atoms with Crippen molar-refractivity contribution in [1.29, 1.82) is 0 Å². The summed E-state index contributed by atoms with van der Waals surface area (Å²) in [6, 6.07) is 7.30. The first-order valence-corrected chi connectivity index (χ1v) is 4.50. The van der Waals surface area contributed by atoms with E-state index in [1.165, 1.54) is 0 Å². The van der Waals surface area contributed by atoms with Crippen LogP contribution in [-0.4, -0.2) is 18.7 Å². The average molecular weight is 192 g/mol. The van der Waals surface area contributed by atoms with Crippen LogP contribution in [0.5, 0.6) is 0 Å². The van der Waals surface area contributed by atoms with Crippen molar-refractivity contribution < 1.29 is 9.53 Å². The molecule has 1 fully saturated rings. The van der Waals surface area contributed by atoms with Gasteiger partial charge in [-0.3, -0.25) is 4.90 Å². The van der Waals surface area contributed by atoms with Crippen LogP contribution in [0.1, 0.15) is 6.92 Å². The number of anilines is 2. The smallest absolute Gasteiger partial charge is 0.414 e. The maximum Gasteiger partial charge on any atom is 0.414 e. The van der Waals surface area contributed by atoms with Gasteiger partial charge in [-0.1, -0.05) is 6.07 Å². The van der Waals surface area contributed by atoms with Crippen molar-refractivity contribution >= 4 is 17.5 Å². The largest absolute Gasteiger partial charge is 0.447 e. The monoisotopic (exact) mass is 192 g/mol. The second-order valence-electron chi connectivity index (χ2n) is 3.39. The Morgan fingerprint density at radius 3 is 2.93 bits per heavy atom. The number of amides is 1. The van der Waals surface area contributed by atoms with Crippen LogP contribution in [-0.2, 0) is 4.74 Å². The van der Waals surface area contributed by atoms with Crippen LogP contribution in [0, 0.1) is 0 Å². The molecule has 0 aromatic heterocycles. The van der Waals surface area contributed by atoms with Gasteiger partial charge in [0.1, 0.15) is 6.61 Å². The third-order valence-corrected chi connectivity index (χ3v) is 2.23. The molecule has 1 aliphatic rings. The van der Waals surface area contributed by atoms with Crippen LogP contribution in [0.25, 0.3) is 0 Å². The molecule has 0 radical (unpaired) electrons. The number of carbonyl (C=O) groups is 1. The number of nitrogen functional groups attached to an aromatic ring is 1. The van der Waals surface area contributed by atoms with Crippen LogP contribution in [0.3, 0.4) is 0 Å². The lowest BCUT2D eigenvalue weighted by molar-refractivity contribution is 0.179. The molecule has 0 aliphatic carbocycles. The Labute approximate surface area is 82.3 Å². The van der Waals surface area contributed by atoms with Gasteiger partial charge in [-0.25, -0.2) is 4.79 Å². The molecule has 1 atom stereocenters. The summed E-state index contributed by atoms with van der Waals surface area (Å²) in [4.78, 5) is 13.0. The Morgan fingerprint density at radius 1 is 1.57 bits per heavy atom. The van der Waals surface area contributed by atoms with Gasteiger partial charge in [-0.05, 0) is 25.1 Å². The predicted molar refractivity (Wildman–Crippen MR) is 54.1 cm³/mol. The minimum absolute atomic E-state index is 0.0734. The number of hydrogen-bond acceptors (Lipinski definition) is 3. The zero-order valence-electron chi connectivity index (χ0n) is 7.93. The molecule has 0 spiro atoms. The molecule has 1 heterocycles. The maximum absolute atomic E-state index is 11.4. The summed E-state index contributed by atoms with van der Waals surface area (Å²) in [5, 5.41) is 0. The second kappa shape index (κ2) is 3.21. The summed E-state index contributed by atoms with van der Waals surface area (Å²) in [5.41, 5.74) is 7.08. The Balaban J connectivity index is 2.34. The van der Waals surface area contributed by atoms with Gasteiger partial charge in [0.25, 0.3) is 0 Å². The molecule has 2 rings (SSSR count). The SMILES string of the molecule is CC1COC(=O)N1c1cccc(N)c1. The van der Waals surface area contributed by atoms with E-state index in [4.69, 9.17) is 10.5 Å². The summed E-state index contributed by atoms with van der Waals surface area (Å²) in [6.45, 7) is 2.38. The molecule has 1 aromatic rings. The highest BCUT2D eigenvalue weighted by Gasteiger charge is 2.30. The van der Waals surface area contributed by atoms with Gasteiger partial charge in [-0.15, -0.1) is 0 Å². The fourth-order valence-corrected chi connectivity index (χ4v) is 1.55. The van der Waals surface area contributed by atoms with Crippen LogP contribution in [0.15, 0.2) is 24.3 Å². The van der Waals surface area contributed by atoms with E-state index in [1.807, 2.05) is 19.1 Å². The van der Waals surface area contributed by atoms with E-state index in [2.05, 4.69) is 0 Å². The van der Waals surface area contributed by atoms with Crippen molar-refractivity contribution in [1.82, 2.24) is 0 Å². The molecule has 74 valence electrons. The van der Waals surface area contributed by atoms with E-state index >= 15 is 0 Å². The highest BCUT2D eigenvalue weighted by atomic mass is 16.6. The molecule has 4 heteroatoms. The Hall–Kier alpha value is -1.71. The summed E-state index contributed by atoms with van der Waals surface area (Å²) in [6.07, 6.45) is -0.303. The van der Waals surface area contributed by atoms with Crippen molar-refractivity contribution in [3.8, 4) is 0 Å². The van der Waals surface area contributed by atoms with Gasteiger partial charge >= 0.3 is 6.09 Å². The standard InChI is InChI=1S/C10H12N2O2/c1-7-6-14-10(13)12(7)9-4-2-3-8(11)5-9/h2-5,7H,6,11H2,1H3. The first-order chi connectivity index (χ1) is 6.68. The number of rotatable bonds is 1. The molecule has 1 unspecified atom stereocenters. The number of hydrogen-bond donors (Lipinski definition) is 1. The van der Waals surface area contributed by atoms with E-state index in [0.29, 0.717) is 12.3 Å². The predicted octanol–water partition coefficient (Wildman–Crippen LogP) is 1.61. The van der Waals surface area contributed by atoms with Gasteiger partial charge in [-0.2, -0.15) is 0 Å². The van der Waals surface area contributed by atoms with E-state index in [9.17, 15) is 4.79 Å². The Morgan fingerprint density at radius 2 is 2.36 bits per heavy atom. The summed E-state index contributed by atoms with van der Waals surface area (Å²) >= 11 is 0. The fraction of sp³-hybridized carbons (Fsp3) is 0.300. The van der Waals surface area contributed by atoms with Crippen LogP contribution < -0.4 is 10.6 Å².